The van der Waals surface area contributed by atoms with E-state index in [2.05, 4.69) is 5.32 Å². The summed E-state index contributed by atoms with van der Waals surface area (Å²) < 4.78 is 18.7. The van der Waals surface area contributed by atoms with Gasteiger partial charge >= 0.3 is 0 Å². The molecule has 20 heavy (non-hydrogen) atoms. The van der Waals surface area contributed by atoms with Crippen LogP contribution in [0.15, 0.2) is 12.1 Å². The number of carbonyl (C=O) groups is 1. The number of carbonyl (C=O) groups excluding carboxylic acids is 1. The van der Waals surface area contributed by atoms with Crippen molar-refractivity contribution in [3.63, 3.8) is 0 Å². The fraction of sp³-hybridized carbons (Fsp3) is 0.429. The zero-order chi connectivity index (χ0) is 15.1. The Morgan fingerprint density at radius 3 is 2.80 bits per heavy atom. The number of thiocarbonyl (C=S) groups is 1. The van der Waals surface area contributed by atoms with Crippen LogP contribution < -0.4 is 5.32 Å². The number of anilines is 1. The molecule has 1 aromatic carbocycles. The number of amides is 1. The summed E-state index contributed by atoms with van der Waals surface area (Å²) >= 11 is 10.9. The second kappa shape index (κ2) is 8.17. The Morgan fingerprint density at radius 2 is 2.20 bits per heavy atom. The van der Waals surface area contributed by atoms with E-state index in [1.54, 1.807) is 0 Å². The molecule has 0 saturated carbocycles. The average Bonchev–Trinajstić information content (AvgIpc) is 2.41. The normalized spacial score (nSPS) is 10.2. The molecule has 0 aliphatic rings. The molecule has 0 spiro atoms. The Bertz CT molecular complexity index is 508. The van der Waals surface area contributed by atoms with Gasteiger partial charge in [0.05, 0.1) is 12.8 Å². The average molecular weight is 318 g/mol. The Kier molecular flexibility index (Phi) is 6.88. The first-order valence-electron chi connectivity index (χ1n) is 6.32. The third-order valence-electron chi connectivity index (χ3n) is 2.73. The maximum Gasteiger partial charge on any atom is 0.224 e. The maximum absolute atomic E-state index is 13.8. The van der Waals surface area contributed by atoms with Crippen LogP contribution in [0.4, 0.5) is 10.1 Å². The van der Waals surface area contributed by atoms with Gasteiger partial charge in [-0.1, -0.05) is 24.9 Å². The Balaban J connectivity index is 2.88. The summed E-state index contributed by atoms with van der Waals surface area (Å²) in [7, 11) is 1.47. The molecular weight excluding hydrogens is 301 g/mol. The predicted octanol–water partition coefficient (Wildman–Crippen LogP) is 4.12. The quantitative estimate of drug-likeness (QED) is 0.802. The summed E-state index contributed by atoms with van der Waals surface area (Å²) in [6, 6.07) is 2.66. The summed E-state index contributed by atoms with van der Waals surface area (Å²) in [4.78, 5) is 11.6. The Labute approximate surface area is 128 Å². The third kappa shape index (κ3) is 5.06. The molecule has 0 fully saturated rings. The van der Waals surface area contributed by atoms with Gasteiger partial charge in [-0.25, -0.2) is 4.39 Å². The Morgan fingerprint density at radius 1 is 1.50 bits per heavy atom. The molecule has 1 amide bonds. The monoisotopic (exact) mass is 317 g/mol. The summed E-state index contributed by atoms with van der Waals surface area (Å²) in [5, 5.41) is 3.15. The van der Waals surface area contributed by atoms with Gasteiger partial charge < -0.3 is 10.1 Å². The molecule has 0 aliphatic carbocycles. The molecule has 0 radical (unpaired) electrons. The molecule has 0 unspecified atom stereocenters. The molecular formula is C14H17ClFNO2S. The lowest BCUT2D eigenvalue weighted by Gasteiger charge is -2.11. The van der Waals surface area contributed by atoms with Crippen molar-refractivity contribution in [3.05, 3.63) is 28.5 Å². The minimum absolute atomic E-state index is 0.115. The summed E-state index contributed by atoms with van der Waals surface area (Å²) in [5.74, 6) is -0.778. The molecule has 1 N–H and O–H groups in total. The second-order valence-corrected chi connectivity index (χ2v) is 5.19. The van der Waals surface area contributed by atoms with E-state index in [1.165, 1.54) is 19.2 Å². The molecule has 3 nitrogen and oxygen atoms in total. The van der Waals surface area contributed by atoms with Crippen LogP contribution in [0.5, 0.6) is 0 Å². The fourth-order valence-corrected chi connectivity index (χ4v) is 1.98. The highest BCUT2D eigenvalue weighted by atomic mass is 35.5. The van der Waals surface area contributed by atoms with Crippen LogP contribution in [0, 0.1) is 5.82 Å². The van der Waals surface area contributed by atoms with Gasteiger partial charge in [-0.2, -0.15) is 0 Å². The Hall–Kier alpha value is -1.20. The molecule has 0 aliphatic heterocycles. The van der Waals surface area contributed by atoms with Gasteiger partial charge in [0.25, 0.3) is 0 Å². The van der Waals surface area contributed by atoms with E-state index in [-0.39, 0.29) is 16.6 Å². The molecule has 0 bridgehead atoms. The fourth-order valence-electron chi connectivity index (χ4n) is 1.60. The minimum Gasteiger partial charge on any atom is -0.490 e. The molecule has 0 atom stereocenters. The number of rotatable bonds is 6. The highest BCUT2D eigenvalue weighted by Crippen LogP contribution is 2.25. The number of halogens is 2. The number of nitrogens with one attached hydrogen (secondary N) is 1. The van der Waals surface area contributed by atoms with Gasteiger partial charge in [0.2, 0.25) is 5.91 Å². The number of hydrogen-bond donors (Lipinski definition) is 1. The minimum atomic E-state index is -0.563. The van der Waals surface area contributed by atoms with Crippen molar-refractivity contribution in [2.24, 2.45) is 0 Å². The SMILES string of the molecule is CCCCC(=O)Nc1cc(CC(=S)OC)c(Cl)cc1F. The number of ether oxygens (including phenoxy) is 1. The van der Waals surface area contributed by atoms with Crippen LogP contribution in [0.25, 0.3) is 0 Å². The molecule has 0 aromatic heterocycles. The lowest BCUT2D eigenvalue weighted by Crippen LogP contribution is -2.13. The first-order chi connectivity index (χ1) is 9.47. The van der Waals surface area contributed by atoms with Crippen LogP contribution >= 0.6 is 23.8 Å². The topological polar surface area (TPSA) is 38.3 Å². The number of methoxy groups -OCH3 is 1. The molecule has 1 rings (SSSR count). The molecule has 110 valence electrons. The molecule has 0 heterocycles. The van der Waals surface area contributed by atoms with E-state index in [4.69, 9.17) is 28.6 Å². The number of unbranched alkanes of at least 4 members (excludes halogenated alkanes) is 1. The van der Waals surface area contributed by atoms with Crippen molar-refractivity contribution in [2.45, 2.75) is 32.6 Å². The van der Waals surface area contributed by atoms with Gasteiger partial charge in [0.1, 0.15) is 5.82 Å². The third-order valence-corrected chi connectivity index (χ3v) is 3.39. The van der Waals surface area contributed by atoms with Gasteiger partial charge in [-0.15, -0.1) is 0 Å². The number of hydrogen-bond acceptors (Lipinski definition) is 3. The predicted molar refractivity (Wildman–Crippen MR) is 82.9 cm³/mol. The van der Waals surface area contributed by atoms with E-state index in [1.807, 2.05) is 6.92 Å². The van der Waals surface area contributed by atoms with Crippen molar-refractivity contribution < 1.29 is 13.9 Å². The zero-order valence-corrected chi connectivity index (χ0v) is 13.0. The highest BCUT2D eigenvalue weighted by molar-refractivity contribution is 7.80. The maximum atomic E-state index is 13.8. The van der Waals surface area contributed by atoms with Crippen LogP contribution in [0.1, 0.15) is 31.7 Å². The summed E-state index contributed by atoms with van der Waals surface area (Å²) in [6.45, 7) is 1.99. The highest BCUT2D eigenvalue weighted by Gasteiger charge is 2.12. The second-order valence-electron chi connectivity index (χ2n) is 4.33. The van der Waals surface area contributed by atoms with Gasteiger partial charge in [-0.3, -0.25) is 4.79 Å². The standard InChI is InChI=1S/C14H17ClFNO2S/c1-3-4-5-13(18)17-12-6-9(7-14(20)19-2)10(15)8-11(12)16/h6,8H,3-5,7H2,1-2H3,(H,17,18). The first-order valence-corrected chi connectivity index (χ1v) is 7.11. The first kappa shape index (κ1) is 16.9. The van der Waals surface area contributed by atoms with Crippen LogP contribution in [-0.4, -0.2) is 18.1 Å². The van der Waals surface area contributed by atoms with Crippen molar-refractivity contribution in [2.75, 3.05) is 12.4 Å². The van der Waals surface area contributed by atoms with Crippen molar-refractivity contribution in [1.29, 1.82) is 0 Å². The van der Waals surface area contributed by atoms with Crippen molar-refractivity contribution >= 4 is 40.5 Å². The summed E-state index contributed by atoms with van der Waals surface area (Å²) in [6.07, 6.45) is 2.33. The largest absolute Gasteiger partial charge is 0.490 e. The molecule has 6 heteroatoms. The lowest BCUT2D eigenvalue weighted by atomic mass is 10.1. The zero-order valence-electron chi connectivity index (χ0n) is 11.5. The van der Waals surface area contributed by atoms with Crippen molar-refractivity contribution in [1.82, 2.24) is 0 Å². The van der Waals surface area contributed by atoms with Gasteiger partial charge in [0.15, 0.2) is 5.05 Å². The van der Waals surface area contributed by atoms with Crippen LogP contribution in [0.3, 0.4) is 0 Å². The van der Waals surface area contributed by atoms with Gasteiger partial charge in [-0.05, 0) is 36.3 Å². The van der Waals surface area contributed by atoms with E-state index in [0.717, 1.165) is 12.8 Å². The van der Waals surface area contributed by atoms with E-state index in [0.29, 0.717) is 23.5 Å². The molecule has 1 aromatic rings. The van der Waals surface area contributed by atoms with E-state index >= 15 is 0 Å². The summed E-state index contributed by atoms with van der Waals surface area (Å²) in [5.41, 5.74) is 0.732. The lowest BCUT2D eigenvalue weighted by molar-refractivity contribution is -0.116. The smallest absolute Gasteiger partial charge is 0.224 e. The van der Waals surface area contributed by atoms with E-state index in [9.17, 15) is 9.18 Å². The number of benzene rings is 1. The van der Waals surface area contributed by atoms with E-state index < -0.39 is 5.82 Å². The van der Waals surface area contributed by atoms with Crippen LogP contribution in [-0.2, 0) is 16.0 Å². The van der Waals surface area contributed by atoms with Crippen LogP contribution in [0.2, 0.25) is 5.02 Å². The van der Waals surface area contributed by atoms with Gasteiger partial charge in [0, 0.05) is 17.9 Å². The molecule has 0 saturated heterocycles. The van der Waals surface area contributed by atoms with Crippen molar-refractivity contribution in [3.8, 4) is 0 Å².